The molecule has 0 saturated carbocycles. The monoisotopic (exact) mass is 533 g/mol. The number of carboxylic acids is 4. The molecule has 0 bridgehead atoms. The Hall–Kier alpha value is -3.79. The van der Waals surface area contributed by atoms with Gasteiger partial charge in [-0.3, -0.25) is 28.8 Å². The van der Waals surface area contributed by atoms with Crippen molar-refractivity contribution in [2.45, 2.75) is 82.0 Å². The first kappa shape index (κ1) is 33.2. The van der Waals surface area contributed by atoms with Gasteiger partial charge < -0.3 is 47.8 Å². The maximum atomic E-state index is 12.9. The van der Waals surface area contributed by atoms with Crippen molar-refractivity contribution in [3.8, 4) is 0 Å². The van der Waals surface area contributed by atoms with Crippen LogP contribution in [0.25, 0.3) is 0 Å². The molecule has 16 nitrogen and oxygen atoms in total. The number of carboxylic acid groups (broad SMARTS) is 4. The third-order valence-corrected chi connectivity index (χ3v) is 5.13. The third kappa shape index (κ3) is 15.0. The molecule has 0 aliphatic rings. The lowest BCUT2D eigenvalue weighted by Gasteiger charge is -2.25. The fraction of sp³-hybridized carbons (Fsp3) is 0.667. The Morgan fingerprint density at radius 3 is 1.32 bits per heavy atom. The summed E-state index contributed by atoms with van der Waals surface area (Å²) in [4.78, 5) is 82.1. The second kappa shape index (κ2) is 17.6. The zero-order valence-corrected chi connectivity index (χ0v) is 20.2. The van der Waals surface area contributed by atoms with Gasteiger partial charge in [0.25, 0.3) is 0 Å². The van der Waals surface area contributed by atoms with Crippen LogP contribution in [0.1, 0.15) is 57.8 Å². The number of unbranched alkanes of at least 4 members (excludes halogenated alkanes) is 1. The summed E-state index contributed by atoms with van der Waals surface area (Å²) in [7, 11) is 0. The molecule has 0 rings (SSSR count). The van der Waals surface area contributed by atoms with Crippen molar-refractivity contribution in [1.82, 2.24) is 16.0 Å². The average Bonchev–Trinajstić information content (AvgIpc) is 2.80. The highest BCUT2D eigenvalue weighted by Gasteiger charge is 2.31. The van der Waals surface area contributed by atoms with Crippen molar-refractivity contribution >= 4 is 41.6 Å². The number of aliphatic carboxylic acids is 4. The van der Waals surface area contributed by atoms with E-state index in [0.29, 0.717) is 19.4 Å². The molecule has 0 aromatic rings. The van der Waals surface area contributed by atoms with E-state index in [9.17, 15) is 38.7 Å². The second-order valence-electron chi connectivity index (χ2n) is 8.21. The molecular formula is C21H35N5O11. The minimum atomic E-state index is -1.64. The highest BCUT2D eigenvalue weighted by molar-refractivity contribution is 5.94. The van der Waals surface area contributed by atoms with E-state index in [1.54, 1.807) is 0 Å². The molecule has 0 aliphatic carbocycles. The number of nitrogens with two attached hydrogens (primary N) is 2. The van der Waals surface area contributed by atoms with Gasteiger partial charge in [0.1, 0.15) is 18.1 Å². The number of rotatable bonds is 20. The van der Waals surface area contributed by atoms with E-state index >= 15 is 0 Å². The van der Waals surface area contributed by atoms with Gasteiger partial charge in [0.15, 0.2) is 0 Å². The number of carbonyl (C=O) groups excluding carboxylic acids is 3. The van der Waals surface area contributed by atoms with Gasteiger partial charge in [-0.05, 0) is 38.6 Å². The van der Waals surface area contributed by atoms with Crippen LogP contribution in [0.3, 0.4) is 0 Å². The Kier molecular flexibility index (Phi) is 15.8. The molecular weight excluding hydrogens is 498 g/mol. The lowest BCUT2D eigenvalue weighted by Crippen LogP contribution is -2.57. The van der Waals surface area contributed by atoms with Crippen LogP contribution in [0.5, 0.6) is 0 Å². The van der Waals surface area contributed by atoms with E-state index < -0.39 is 97.9 Å². The third-order valence-electron chi connectivity index (χ3n) is 5.13. The standard InChI is InChI=1S/C21H35N5O11/c22-10-2-1-3-11(23)18(33)24-12(4-7-15(27)28)19(34)25-13(5-8-16(29)30)20(35)26-14(21(36)37)6-9-17(31)32/h11-14H,1-10,22-23H2,(H,24,33)(H,25,34)(H,26,35)(H,27,28)(H,29,30)(H,31,32)(H,36,37). The summed E-state index contributed by atoms with van der Waals surface area (Å²) in [5.41, 5.74) is 11.2. The summed E-state index contributed by atoms with van der Waals surface area (Å²) in [5, 5.41) is 42.5. The molecule has 0 aromatic heterocycles. The largest absolute Gasteiger partial charge is 0.481 e. The lowest BCUT2D eigenvalue weighted by atomic mass is 10.0. The van der Waals surface area contributed by atoms with Gasteiger partial charge in [-0.1, -0.05) is 6.42 Å². The SMILES string of the molecule is NCCCCC(N)C(=O)NC(CCC(=O)O)C(=O)NC(CCC(=O)O)C(=O)NC(CCC(=O)O)C(=O)O. The van der Waals surface area contributed by atoms with Crippen molar-refractivity contribution in [3.63, 3.8) is 0 Å². The van der Waals surface area contributed by atoms with Gasteiger partial charge in [0.2, 0.25) is 17.7 Å². The Bertz CT molecular complexity index is 836. The van der Waals surface area contributed by atoms with Gasteiger partial charge in [0.05, 0.1) is 6.04 Å². The van der Waals surface area contributed by atoms with Crippen LogP contribution in [0.15, 0.2) is 0 Å². The van der Waals surface area contributed by atoms with Crippen molar-refractivity contribution in [1.29, 1.82) is 0 Å². The quantitative estimate of drug-likeness (QED) is 0.0737. The van der Waals surface area contributed by atoms with Crippen molar-refractivity contribution in [2.24, 2.45) is 11.5 Å². The van der Waals surface area contributed by atoms with Gasteiger partial charge in [0, 0.05) is 19.3 Å². The molecule has 0 spiro atoms. The molecule has 37 heavy (non-hydrogen) atoms. The highest BCUT2D eigenvalue weighted by Crippen LogP contribution is 2.07. The minimum absolute atomic E-state index is 0.243. The maximum Gasteiger partial charge on any atom is 0.326 e. The van der Waals surface area contributed by atoms with E-state index in [1.807, 2.05) is 0 Å². The molecule has 0 fully saturated rings. The highest BCUT2D eigenvalue weighted by atomic mass is 16.4. The van der Waals surface area contributed by atoms with E-state index in [1.165, 1.54) is 0 Å². The smallest absolute Gasteiger partial charge is 0.326 e. The summed E-state index contributed by atoms with van der Waals surface area (Å²) >= 11 is 0. The van der Waals surface area contributed by atoms with E-state index in [4.69, 9.17) is 26.8 Å². The molecule has 0 aliphatic heterocycles. The average molecular weight is 534 g/mol. The van der Waals surface area contributed by atoms with Crippen LogP contribution in [-0.4, -0.2) is 92.7 Å². The van der Waals surface area contributed by atoms with Gasteiger partial charge in [-0.15, -0.1) is 0 Å². The van der Waals surface area contributed by atoms with Crippen LogP contribution in [0.2, 0.25) is 0 Å². The van der Waals surface area contributed by atoms with Crippen LogP contribution in [-0.2, 0) is 33.6 Å². The predicted octanol–water partition coefficient (Wildman–Crippen LogP) is -2.42. The van der Waals surface area contributed by atoms with Crippen LogP contribution >= 0.6 is 0 Å². The Morgan fingerprint density at radius 1 is 0.568 bits per heavy atom. The molecule has 4 unspecified atom stereocenters. The molecule has 3 amide bonds. The van der Waals surface area contributed by atoms with Crippen molar-refractivity contribution < 1.29 is 54.0 Å². The molecule has 0 saturated heterocycles. The van der Waals surface area contributed by atoms with Crippen molar-refractivity contribution in [3.05, 3.63) is 0 Å². The summed E-state index contributed by atoms with van der Waals surface area (Å²) < 4.78 is 0. The van der Waals surface area contributed by atoms with Crippen LogP contribution in [0.4, 0.5) is 0 Å². The first-order chi connectivity index (χ1) is 17.3. The molecule has 4 atom stereocenters. The molecule has 0 aromatic carbocycles. The van der Waals surface area contributed by atoms with E-state index in [-0.39, 0.29) is 12.8 Å². The lowest BCUT2D eigenvalue weighted by molar-refractivity contribution is -0.144. The van der Waals surface area contributed by atoms with Crippen molar-refractivity contribution in [2.75, 3.05) is 6.54 Å². The topological polar surface area (TPSA) is 289 Å². The van der Waals surface area contributed by atoms with Gasteiger partial charge in [-0.25, -0.2) is 4.79 Å². The summed E-state index contributed by atoms with van der Waals surface area (Å²) in [6.07, 6.45) is -1.69. The second-order valence-corrected chi connectivity index (χ2v) is 8.21. The Balaban J connectivity index is 5.59. The molecule has 0 heterocycles. The summed E-state index contributed by atoms with van der Waals surface area (Å²) in [6, 6.07) is -5.70. The van der Waals surface area contributed by atoms with E-state index in [0.717, 1.165) is 0 Å². The number of carbonyl (C=O) groups is 7. The normalized spacial score (nSPS) is 13.9. The molecule has 0 radical (unpaired) electrons. The van der Waals surface area contributed by atoms with Gasteiger partial charge in [-0.2, -0.15) is 0 Å². The van der Waals surface area contributed by atoms with E-state index in [2.05, 4.69) is 16.0 Å². The number of nitrogens with one attached hydrogen (secondary N) is 3. The Morgan fingerprint density at radius 2 is 0.946 bits per heavy atom. The van der Waals surface area contributed by atoms with Crippen LogP contribution in [0, 0.1) is 0 Å². The summed E-state index contributed by atoms with van der Waals surface area (Å²) in [6.45, 7) is 0.386. The number of hydrogen-bond acceptors (Lipinski definition) is 9. The van der Waals surface area contributed by atoms with Gasteiger partial charge >= 0.3 is 23.9 Å². The fourth-order valence-electron chi connectivity index (χ4n) is 3.06. The first-order valence-corrected chi connectivity index (χ1v) is 11.5. The zero-order chi connectivity index (χ0) is 28.5. The summed E-state index contributed by atoms with van der Waals surface area (Å²) in [5.74, 6) is -8.34. The minimum Gasteiger partial charge on any atom is -0.481 e. The Labute approximate surface area is 212 Å². The molecule has 210 valence electrons. The molecule has 16 heteroatoms. The zero-order valence-electron chi connectivity index (χ0n) is 20.2. The maximum absolute atomic E-state index is 12.9. The predicted molar refractivity (Wildman–Crippen MR) is 125 cm³/mol. The number of hydrogen-bond donors (Lipinski definition) is 9. The fourth-order valence-corrected chi connectivity index (χ4v) is 3.06. The molecule has 11 N–H and O–H groups in total. The van der Waals surface area contributed by atoms with Crippen LogP contribution < -0.4 is 27.4 Å². The number of amides is 3. The first-order valence-electron chi connectivity index (χ1n) is 11.5.